The molecule has 148 valence electrons. The van der Waals surface area contributed by atoms with E-state index in [9.17, 15) is 28.1 Å². The summed E-state index contributed by atoms with van der Waals surface area (Å²) in [6.45, 7) is 1.20. The average molecular weight is 458 g/mol. The molecular weight excluding hydrogens is 443 g/mol. The minimum Gasteiger partial charge on any atom is -0.362 e. The molecule has 2 aromatic rings. The molecule has 1 heterocycles. The number of nitro benzene ring substituents is 1. The zero-order valence-corrected chi connectivity index (χ0v) is 16.0. The lowest BCUT2D eigenvalue weighted by Gasteiger charge is -2.36. The van der Waals surface area contributed by atoms with Gasteiger partial charge in [0.2, 0.25) is 0 Å². The molecule has 0 N–H and O–H groups in total. The molecule has 1 amide bonds. The predicted octanol–water partition coefficient (Wildman–Crippen LogP) is 4.34. The number of alkyl halides is 3. The van der Waals surface area contributed by atoms with Gasteiger partial charge < -0.3 is 9.80 Å². The van der Waals surface area contributed by atoms with E-state index in [1.54, 1.807) is 34.1 Å². The lowest BCUT2D eigenvalue weighted by Crippen LogP contribution is -2.49. The van der Waals surface area contributed by atoms with Crippen LogP contribution in [0.4, 0.5) is 24.5 Å². The van der Waals surface area contributed by atoms with Gasteiger partial charge in [-0.15, -0.1) is 0 Å². The van der Waals surface area contributed by atoms with Gasteiger partial charge in [-0.25, -0.2) is 0 Å². The molecule has 0 unspecified atom stereocenters. The van der Waals surface area contributed by atoms with E-state index in [1.165, 1.54) is 0 Å². The second-order valence-electron chi connectivity index (χ2n) is 6.24. The number of carbonyl (C=O) groups is 1. The van der Waals surface area contributed by atoms with Crippen molar-refractivity contribution in [3.63, 3.8) is 0 Å². The van der Waals surface area contributed by atoms with Crippen LogP contribution in [-0.2, 0) is 6.18 Å². The van der Waals surface area contributed by atoms with Crippen molar-refractivity contribution in [3.05, 3.63) is 68.2 Å². The molecule has 0 aliphatic carbocycles. The number of benzene rings is 2. The van der Waals surface area contributed by atoms with Crippen LogP contribution in [-0.4, -0.2) is 41.9 Å². The minimum absolute atomic E-state index is 0.119. The van der Waals surface area contributed by atoms with Gasteiger partial charge in [0.05, 0.1) is 10.5 Å². The average Bonchev–Trinajstić information content (AvgIpc) is 2.67. The molecule has 2 aromatic carbocycles. The Balaban J connectivity index is 1.75. The van der Waals surface area contributed by atoms with E-state index in [1.807, 2.05) is 0 Å². The predicted molar refractivity (Wildman–Crippen MR) is 100 cm³/mol. The zero-order valence-electron chi connectivity index (χ0n) is 14.4. The van der Waals surface area contributed by atoms with Gasteiger partial charge in [0.25, 0.3) is 11.6 Å². The van der Waals surface area contributed by atoms with Crippen LogP contribution in [0.1, 0.15) is 15.9 Å². The van der Waals surface area contributed by atoms with Gasteiger partial charge >= 0.3 is 6.18 Å². The third kappa shape index (κ3) is 4.27. The fourth-order valence-corrected chi connectivity index (χ4v) is 3.30. The maximum absolute atomic E-state index is 12.8. The smallest absolute Gasteiger partial charge is 0.362 e. The molecule has 10 heteroatoms. The first-order valence-corrected chi connectivity index (χ1v) is 9.11. The highest BCUT2D eigenvalue weighted by Gasteiger charge is 2.34. The fraction of sp³-hybridized carbons (Fsp3) is 0.278. The molecule has 0 aromatic heterocycles. The first-order chi connectivity index (χ1) is 13.2. The number of hydrogen-bond donors (Lipinski definition) is 0. The van der Waals surface area contributed by atoms with E-state index < -0.39 is 22.4 Å². The third-order valence-corrected chi connectivity index (χ3v) is 5.03. The molecule has 0 spiro atoms. The van der Waals surface area contributed by atoms with E-state index in [0.29, 0.717) is 24.7 Å². The topological polar surface area (TPSA) is 66.7 Å². The van der Waals surface area contributed by atoms with Gasteiger partial charge in [0.1, 0.15) is 5.69 Å². The van der Waals surface area contributed by atoms with Crippen LogP contribution in [0.25, 0.3) is 0 Å². The molecule has 0 bridgehead atoms. The van der Waals surface area contributed by atoms with Gasteiger partial charge in [-0.05, 0) is 36.4 Å². The monoisotopic (exact) mass is 457 g/mol. The number of carbonyl (C=O) groups excluding carboxylic acids is 1. The van der Waals surface area contributed by atoms with Crippen LogP contribution in [0.2, 0.25) is 0 Å². The van der Waals surface area contributed by atoms with Crippen LogP contribution < -0.4 is 4.90 Å². The Morgan fingerprint density at radius 1 is 1.04 bits per heavy atom. The number of nitrogens with zero attached hydrogens (tertiary/aromatic N) is 3. The number of rotatable bonds is 3. The molecule has 0 saturated carbocycles. The number of amides is 1. The highest BCUT2D eigenvalue weighted by atomic mass is 79.9. The molecule has 1 aliphatic rings. The number of halogens is 4. The van der Waals surface area contributed by atoms with Crippen LogP contribution in [0, 0.1) is 10.1 Å². The normalized spacial score (nSPS) is 14.9. The van der Waals surface area contributed by atoms with Gasteiger partial charge in [0.15, 0.2) is 0 Å². The second-order valence-corrected chi connectivity index (χ2v) is 7.16. The number of hydrogen-bond acceptors (Lipinski definition) is 4. The minimum atomic E-state index is -4.65. The van der Waals surface area contributed by atoms with Crippen LogP contribution in [0.3, 0.4) is 0 Å². The molecule has 0 radical (unpaired) electrons. The molecule has 6 nitrogen and oxygen atoms in total. The number of nitro groups is 1. The lowest BCUT2D eigenvalue weighted by molar-refractivity contribution is -0.384. The van der Waals surface area contributed by atoms with Crippen LogP contribution >= 0.6 is 15.9 Å². The highest BCUT2D eigenvalue weighted by Crippen LogP contribution is 2.36. The van der Waals surface area contributed by atoms with Gasteiger partial charge in [-0.3, -0.25) is 14.9 Å². The van der Waals surface area contributed by atoms with Crippen molar-refractivity contribution in [3.8, 4) is 0 Å². The van der Waals surface area contributed by atoms with Gasteiger partial charge in [-0.2, -0.15) is 13.2 Å². The fourth-order valence-electron chi connectivity index (χ4n) is 3.04. The summed E-state index contributed by atoms with van der Waals surface area (Å²) in [5.41, 5.74) is -1.01. The summed E-state index contributed by atoms with van der Waals surface area (Å²) in [7, 11) is 0. The van der Waals surface area contributed by atoms with E-state index in [-0.39, 0.29) is 24.7 Å². The SMILES string of the molecule is O=C(c1ccc(Br)cc1)N1CCN(c2ccc(C(F)(F)F)cc2[N+](=O)[O-])CC1. The van der Waals surface area contributed by atoms with Crippen LogP contribution in [0.5, 0.6) is 0 Å². The number of anilines is 1. The number of piperazine rings is 1. The Labute approximate surface area is 166 Å². The third-order valence-electron chi connectivity index (χ3n) is 4.50. The van der Waals surface area contributed by atoms with Crippen molar-refractivity contribution in [2.45, 2.75) is 6.18 Å². The van der Waals surface area contributed by atoms with E-state index in [4.69, 9.17) is 0 Å². The van der Waals surface area contributed by atoms with Gasteiger partial charge in [0, 0.05) is 42.3 Å². The second kappa shape index (κ2) is 7.78. The summed E-state index contributed by atoms with van der Waals surface area (Å²) in [5.74, 6) is -0.158. The summed E-state index contributed by atoms with van der Waals surface area (Å²) in [6, 6.07) is 9.41. The Kier molecular flexibility index (Phi) is 5.59. The Morgan fingerprint density at radius 3 is 2.18 bits per heavy atom. The molecule has 1 saturated heterocycles. The van der Waals surface area contributed by atoms with E-state index >= 15 is 0 Å². The standard InChI is InChI=1S/C18H15BrF3N3O3/c19-14-4-1-12(2-5-14)17(26)24-9-7-23(8-10-24)15-6-3-13(18(20,21)22)11-16(15)25(27)28/h1-6,11H,7-10H2. The molecule has 1 aliphatic heterocycles. The molecule has 3 rings (SSSR count). The van der Waals surface area contributed by atoms with E-state index in [0.717, 1.165) is 16.6 Å². The summed E-state index contributed by atoms with van der Waals surface area (Å²) >= 11 is 3.30. The summed E-state index contributed by atoms with van der Waals surface area (Å²) in [5, 5.41) is 11.3. The maximum Gasteiger partial charge on any atom is 0.416 e. The molecule has 28 heavy (non-hydrogen) atoms. The Morgan fingerprint density at radius 2 is 1.64 bits per heavy atom. The van der Waals surface area contributed by atoms with Crippen molar-refractivity contribution < 1.29 is 22.9 Å². The van der Waals surface area contributed by atoms with Crippen molar-refractivity contribution in [1.82, 2.24) is 4.90 Å². The van der Waals surface area contributed by atoms with E-state index in [2.05, 4.69) is 15.9 Å². The Bertz CT molecular complexity index is 895. The summed E-state index contributed by atoms with van der Waals surface area (Å²) in [6.07, 6.45) is -4.65. The molecule has 0 atom stereocenters. The molecular formula is C18H15BrF3N3O3. The largest absolute Gasteiger partial charge is 0.416 e. The van der Waals surface area contributed by atoms with Crippen molar-refractivity contribution in [2.24, 2.45) is 0 Å². The maximum atomic E-state index is 12.8. The van der Waals surface area contributed by atoms with Crippen molar-refractivity contribution in [1.29, 1.82) is 0 Å². The molecule has 1 fully saturated rings. The van der Waals surface area contributed by atoms with Crippen LogP contribution in [0.15, 0.2) is 46.9 Å². The van der Waals surface area contributed by atoms with Crippen molar-refractivity contribution in [2.75, 3.05) is 31.1 Å². The summed E-state index contributed by atoms with van der Waals surface area (Å²) < 4.78 is 39.4. The first-order valence-electron chi connectivity index (χ1n) is 8.32. The highest BCUT2D eigenvalue weighted by molar-refractivity contribution is 9.10. The quantitative estimate of drug-likeness (QED) is 0.507. The zero-order chi connectivity index (χ0) is 20.5. The Hall–Kier alpha value is -2.62. The van der Waals surface area contributed by atoms with Gasteiger partial charge in [-0.1, -0.05) is 15.9 Å². The first kappa shape index (κ1) is 20.1. The summed E-state index contributed by atoms with van der Waals surface area (Å²) in [4.78, 5) is 26.2. The lowest BCUT2D eigenvalue weighted by atomic mass is 10.1. The van der Waals surface area contributed by atoms with Crippen molar-refractivity contribution >= 4 is 33.2 Å².